The molecular weight excluding hydrogens is 426 g/mol. The predicted octanol–water partition coefficient (Wildman–Crippen LogP) is 5.52. The average Bonchev–Trinajstić information content (AvgIpc) is 3.48. The van der Waals surface area contributed by atoms with E-state index >= 15 is 0 Å². The largest absolute Gasteiger partial charge is 0.497 e. The first-order valence-corrected chi connectivity index (χ1v) is 10.8. The molecule has 0 aliphatic rings. The first-order valence-electron chi connectivity index (χ1n) is 9.93. The number of ether oxygens (including phenoxy) is 2. The summed E-state index contributed by atoms with van der Waals surface area (Å²) >= 11 is 1.49. The van der Waals surface area contributed by atoms with Gasteiger partial charge in [0.2, 0.25) is 0 Å². The lowest BCUT2D eigenvalue weighted by Crippen LogP contribution is -2.17. The van der Waals surface area contributed by atoms with Gasteiger partial charge in [0.25, 0.3) is 5.91 Å². The molecule has 3 aromatic heterocycles. The molecule has 0 aliphatic carbocycles. The number of amides is 1. The fraction of sp³-hybridized carbons (Fsp3) is 0.167. The number of benzene rings is 1. The third-order valence-electron chi connectivity index (χ3n) is 4.87. The lowest BCUT2D eigenvalue weighted by molar-refractivity contribution is 0.0997. The Kier molecular flexibility index (Phi) is 6.42. The Balaban J connectivity index is 1.80. The molecule has 0 spiro atoms. The zero-order valence-electron chi connectivity index (χ0n) is 17.9. The maximum atomic E-state index is 12.7. The topological polar surface area (TPSA) is 85.6 Å². The molecule has 0 saturated heterocycles. The highest BCUT2D eigenvalue weighted by atomic mass is 32.1. The third-order valence-corrected chi connectivity index (χ3v) is 5.85. The van der Waals surface area contributed by atoms with Crippen molar-refractivity contribution in [1.29, 1.82) is 0 Å². The number of methoxy groups -OCH3 is 2. The van der Waals surface area contributed by atoms with Crippen molar-refractivity contribution in [3.8, 4) is 11.5 Å². The molecule has 1 amide bonds. The maximum absolute atomic E-state index is 12.7. The summed E-state index contributed by atoms with van der Waals surface area (Å²) in [5.74, 6) is 2.00. The second-order valence-electron chi connectivity index (χ2n) is 6.97. The molecule has 4 rings (SSSR count). The second kappa shape index (κ2) is 9.57. The van der Waals surface area contributed by atoms with Crippen LogP contribution in [0.5, 0.6) is 11.5 Å². The lowest BCUT2D eigenvalue weighted by atomic mass is 9.98. The summed E-state index contributed by atoms with van der Waals surface area (Å²) in [5.41, 5.74) is 1.73. The van der Waals surface area contributed by atoms with Gasteiger partial charge in [-0.2, -0.15) is 0 Å². The molecule has 1 aromatic carbocycles. The number of furan rings is 1. The highest BCUT2D eigenvalue weighted by Gasteiger charge is 2.25. The summed E-state index contributed by atoms with van der Waals surface area (Å²) < 4.78 is 16.4. The normalized spacial score (nSPS) is 11.6. The number of thiophene rings is 1. The van der Waals surface area contributed by atoms with Gasteiger partial charge in [0.1, 0.15) is 22.3 Å². The molecule has 8 heteroatoms. The van der Waals surface area contributed by atoms with Crippen molar-refractivity contribution in [1.82, 2.24) is 4.98 Å². The average molecular weight is 450 g/mol. The smallest absolute Gasteiger partial charge is 0.291 e. The van der Waals surface area contributed by atoms with Crippen LogP contribution in [0, 0.1) is 6.92 Å². The summed E-state index contributed by atoms with van der Waals surface area (Å²) in [6, 6.07) is 16.3. The molecule has 0 unspecified atom stereocenters. The van der Waals surface area contributed by atoms with Gasteiger partial charge >= 0.3 is 0 Å². The number of rotatable bonds is 8. The number of nitrogens with one attached hydrogen (secondary N) is 2. The molecule has 164 valence electrons. The van der Waals surface area contributed by atoms with Crippen molar-refractivity contribution in [3.63, 3.8) is 0 Å². The van der Waals surface area contributed by atoms with Gasteiger partial charge in [-0.1, -0.05) is 6.07 Å². The number of nitrogens with zero attached hydrogens (tertiary/aromatic N) is 1. The van der Waals surface area contributed by atoms with Gasteiger partial charge in [0, 0.05) is 22.2 Å². The zero-order valence-corrected chi connectivity index (χ0v) is 18.7. The van der Waals surface area contributed by atoms with Crippen LogP contribution in [-0.4, -0.2) is 25.1 Å². The van der Waals surface area contributed by atoms with Crippen molar-refractivity contribution in [3.05, 3.63) is 88.8 Å². The first kappa shape index (κ1) is 21.5. The molecule has 0 aliphatic heterocycles. The van der Waals surface area contributed by atoms with Gasteiger partial charge in [-0.05, 0) is 55.5 Å². The van der Waals surface area contributed by atoms with E-state index in [1.807, 2.05) is 49.4 Å². The van der Waals surface area contributed by atoms with Crippen molar-refractivity contribution < 1.29 is 18.7 Å². The van der Waals surface area contributed by atoms with Gasteiger partial charge in [0.05, 0.1) is 26.5 Å². The molecule has 0 radical (unpaired) electrons. The summed E-state index contributed by atoms with van der Waals surface area (Å²) in [5, 5.41) is 7.18. The van der Waals surface area contributed by atoms with Crippen molar-refractivity contribution in [2.45, 2.75) is 13.0 Å². The molecule has 0 fully saturated rings. The first-order chi connectivity index (χ1) is 15.6. The van der Waals surface area contributed by atoms with Crippen LogP contribution in [0.25, 0.3) is 0 Å². The summed E-state index contributed by atoms with van der Waals surface area (Å²) in [4.78, 5) is 18.2. The Labute approximate surface area is 190 Å². The molecule has 3 heterocycles. The highest BCUT2D eigenvalue weighted by Crippen LogP contribution is 2.41. The lowest BCUT2D eigenvalue weighted by Gasteiger charge is -2.23. The number of hydrogen-bond acceptors (Lipinski definition) is 7. The number of aryl methyl sites for hydroxylation is 1. The monoisotopic (exact) mass is 449 g/mol. The fourth-order valence-electron chi connectivity index (χ4n) is 3.40. The number of hydrogen-bond donors (Lipinski definition) is 2. The van der Waals surface area contributed by atoms with Crippen LogP contribution >= 0.6 is 11.3 Å². The van der Waals surface area contributed by atoms with Gasteiger partial charge in [-0.15, -0.1) is 11.3 Å². The molecular formula is C24H23N3O4S. The number of pyridine rings is 1. The number of aromatic nitrogens is 1. The Morgan fingerprint density at radius 1 is 1.06 bits per heavy atom. The minimum atomic E-state index is -0.369. The van der Waals surface area contributed by atoms with Crippen LogP contribution in [0.2, 0.25) is 0 Å². The van der Waals surface area contributed by atoms with E-state index in [1.165, 1.54) is 17.6 Å². The van der Waals surface area contributed by atoms with E-state index in [-0.39, 0.29) is 17.7 Å². The zero-order chi connectivity index (χ0) is 22.5. The quantitative estimate of drug-likeness (QED) is 0.369. The van der Waals surface area contributed by atoms with Crippen molar-refractivity contribution in [2.24, 2.45) is 0 Å². The van der Waals surface area contributed by atoms with Crippen LogP contribution in [0.1, 0.15) is 32.6 Å². The molecule has 0 saturated carbocycles. The van der Waals surface area contributed by atoms with Crippen LogP contribution in [0.3, 0.4) is 0 Å². The SMILES string of the molecule is COc1ccc(OC)c([C@H](Nc2ccccn2)c2cc(C)sc2NC(=O)c2ccco2)c1. The van der Waals surface area contributed by atoms with E-state index in [9.17, 15) is 4.79 Å². The van der Waals surface area contributed by atoms with Gasteiger partial charge in [-0.3, -0.25) is 4.79 Å². The van der Waals surface area contributed by atoms with E-state index in [0.29, 0.717) is 22.3 Å². The van der Waals surface area contributed by atoms with Crippen molar-refractivity contribution in [2.75, 3.05) is 24.9 Å². The van der Waals surface area contributed by atoms with E-state index in [0.717, 1.165) is 16.0 Å². The van der Waals surface area contributed by atoms with Gasteiger partial charge in [-0.25, -0.2) is 4.98 Å². The molecule has 2 N–H and O–H groups in total. The number of anilines is 2. The van der Waals surface area contributed by atoms with Gasteiger partial charge in [0.15, 0.2) is 5.76 Å². The molecule has 4 aromatic rings. The Bertz CT molecular complexity index is 1190. The highest BCUT2D eigenvalue weighted by molar-refractivity contribution is 7.16. The Morgan fingerprint density at radius 3 is 2.62 bits per heavy atom. The maximum Gasteiger partial charge on any atom is 0.291 e. The third kappa shape index (κ3) is 4.60. The summed E-state index contributed by atoms with van der Waals surface area (Å²) in [7, 11) is 3.25. The summed E-state index contributed by atoms with van der Waals surface area (Å²) in [6.45, 7) is 2.00. The van der Waals surface area contributed by atoms with E-state index < -0.39 is 0 Å². The minimum absolute atomic E-state index is 0.246. The van der Waals surface area contributed by atoms with Crippen LogP contribution in [0.4, 0.5) is 10.8 Å². The van der Waals surface area contributed by atoms with Crippen molar-refractivity contribution >= 4 is 28.1 Å². The number of carbonyl (C=O) groups is 1. The molecule has 32 heavy (non-hydrogen) atoms. The van der Waals surface area contributed by atoms with Crippen LogP contribution < -0.4 is 20.1 Å². The Hall–Kier alpha value is -3.78. The second-order valence-corrected chi connectivity index (χ2v) is 8.23. The predicted molar refractivity (Wildman–Crippen MR) is 125 cm³/mol. The van der Waals surface area contributed by atoms with E-state index in [1.54, 1.807) is 32.5 Å². The van der Waals surface area contributed by atoms with Crippen LogP contribution in [-0.2, 0) is 0 Å². The fourth-order valence-corrected chi connectivity index (χ4v) is 4.35. The minimum Gasteiger partial charge on any atom is -0.497 e. The van der Waals surface area contributed by atoms with Crippen LogP contribution in [0.15, 0.2) is 71.5 Å². The van der Waals surface area contributed by atoms with E-state index in [2.05, 4.69) is 15.6 Å². The van der Waals surface area contributed by atoms with E-state index in [4.69, 9.17) is 13.9 Å². The number of carbonyl (C=O) groups excluding carboxylic acids is 1. The molecule has 0 bridgehead atoms. The Morgan fingerprint density at radius 2 is 1.94 bits per heavy atom. The van der Waals surface area contributed by atoms with Gasteiger partial charge < -0.3 is 24.5 Å². The molecule has 1 atom stereocenters. The standard InChI is InChI=1S/C24H23N3O4S/c1-15-13-18(24(32-15)27-23(28)20-7-6-12-31-20)22(26-21-8-4-5-11-25-21)17-14-16(29-2)9-10-19(17)30-3/h4-14,22H,1-3H3,(H,25,26)(H,27,28)/t22-/m0/s1. The summed E-state index contributed by atoms with van der Waals surface area (Å²) in [6.07, 6.45) is 3.20. The molecule has 7 nitrogen and oxygen atoms in total.